The standard InChI is InChI=1S/C26H34ClN3O4S/c1-17(2)14-29(15-18(3)4)35(33,34)23-10-7-21(8-11-23)28-26(32)20-12-25(31)30(16-20)22-9-6-19(5)24(27)13-22/h6-11,13,17-18,20H,12,14-16H2,1-5H3,(H,28,32). The lowest BCUT2D eigenvalue weighted by atomic mass is 10.1. The van der Waals surface area contributed by atoms with Crippen LogP contribution < -0.4 is 10.2 Å². The lowest BCUT2D eigenvalue weighted by molar-refractivity contribution is -0.122. The summed E-state index contributed by atoms with van der Waals surface area (Å²) in [5, 5.41) is 3.39. The van der Waals surface area contributed by atoms with Crippen molar-refractivity contribution in [2.75, 3.05) is 29.9 Å². The highest BCUT2D eigenvalue weighted by Crippen LogP contribution is 2.29. The zero-order chi connectivity index (χ0) is 25.9. The summed E-state index contributed by atoms with van der Waals surface area (Å²) in [6.07, 6.45) is 0.100. The first-order valence-electron chi connectivity index (χ1n) is 11.9. The molecule has 1 unspecified atom stereocenters. The van der Waals surface area contributed by atoms with E-state index in [1.54, 1.807) is 23.1 Å². The molecule has 1 aliphatic heterocycles. The van der Waals surface area contributed by atoms with Gasteiger partial charge in [0.25, 0.3) is 0 Å². The van der Waals surface area contributed by atoms with Gasteiger partial charge in [-0.1, -0.05) is 45.4 Å². The van der Waals surface area contributed by atoms with Gasteiger partial charge in [0.15, 0.2) is 0 Å². The van der Waals surface area contributed by atoms with Crippen LogP contribution in [0.3, 0.4) is 0 Å². The molecule has 1 fully saturated rings. The zero-order valence-electron chi connectivity index (χ0n) is 20.9. The minimum Gasteiger partial charge on any atom is -0.326 e. The second-order valence-corrected chi connectivity index (χ2v) is 12.3. The van der Waals surface area contributed by atoms with Gasteiger partial charge < -0.3 is 10.2 Å². The molecule has 0 bridgehead atoms. The first-order valence-corrected chi connectivity index (χ1v) is 13.7. The maximum absolute atomic E-state index is 13.2. The van der Waals surface area contributed by atoms with E-state index < -0.39 is 15.9 Å². The number of nitrogens with one attached hydrogen (secondary N) is 1. The van der Waals surface area contributed by atoms with Gasteiger partial charge in [0.1, 0.15) is 0 Å². The molecule has 0 spiro atoms. The number of halogens is 1. The van der Waals surface area contributed by atoms with Gasteiger partial charge in [-0.15, -0.1) is 0 Å². The van der Waals surface area contributed by atoms with E-state index in [-0.39, 0.29) is 41.5 Å². The van der Waals surface area contributed by atoms with Crippen molar-refractivity contribution in [3.63, 3.8) is 0 Å². The highest BCUT2D eigenvalue weighted by atomic mass is 35.5. The van der Waals surface area contributed by atoms with Crippen molar-refractivity contribution >= 4 is 44.8 Å². The molecule has 7 nitrogen and oxygen atoms in total. The number of carbonyl (C=O) groups is 2. The molecule has 0 radical (unpaired) electrons. The highest BCUT2D eigenvalue weighted by Gasteiger charge is 2.35. The van der Waals surface area contributed by atoms with Crippen LogP contribution in [0.2, 0.25) is 5.02 Å². The topological polar surface area (TPSA) is 86.8 Å². The number of sulfonamides is 1. The summed E-state index contributed by atoms with van der Waals surface area (Å²) in [6.45, 7) is 11.0. The van der Waals surface area contributed by atoms with Gasteiger partial charge in [-0.05, 0) is 60.7 Å². The summed E-state index contributed by atoms with van der Waals surface area (Å²) < 4.78 is 27.9. The van der Waals surface area contributed by atoms with E-state index in [0.29, 0.717) is 29.5 Å². The van der Waals surface area contributed by atoms with E-state index >= 15 is 0 Å². The molecule has 0 aliphatic carbocycles. The maximum atomic E-state index is 13.2. The highest BCUT2D eigenvalue weighted by molar-refractivity contribution is 7.89. The Hall–Kier alpha value is -2.42. The Kier molecular flexibility index (Phi) is 8.62. The molecule has 3 rings (SSSR count). The van der Waals surface area contributed by atoms with Crippen molar-refractivity contribution in [1.29, 1.82) is 0 Å². The number of benzene rings is 2. The Labute approximate surface area is 213 Å². The smallest absolute Gasteiger partial charge is 0.243 e. The quantitative estimate of drug-likeness (QED) is 0.508. The van der Waals surface area contributed by atoms with E-state index in [1.165, 1.54) is 16.4 Å². The number of aryl methyl sites for hydroxylation is 1. The van der Waals surface area contributed by atoms with Crippen LogP contribution in [0, 0.1) is 24.7 Å². The fourth-order valence-electron chi connectivity index (χ4n) is 4.07. The van der Waals surface area contributed by atoms with Crippen molar-refractivity contribution in [1.82, 2.24) is 4.31 Å². The number of anilines is 2. The normalized spacial score (nSPS) is 16.5. The molecule has 1 heterocycles. The molecule has 1 atom stereocenters. The van der Waals surface area contributed by atoms with E-state index in [9.17, 15) is 18.0 Å². The van der Waals surface area contributed by atoms with Crippen LogP contribution in [-0.2, 0) is 19.6 Å². The molecule has 35 heavy (non-hydrogen) atoms. The summed E-state index contributed by atoms with van der Waals surface area (Å²) in [7, 11) is -3.65. The Bertz CT molecular complexity index is 1170. The van der Waals surface area contributed by atoms with Gasteiger partial charge in [-0.2, -0.15) is 4.31 Å². The van der Waals surface area contributed by atoms with E-state index in [4.69, 9.17) is 11.6 Å². The molecule has 1 aliphatic rings. The Morgan fingerprint density at radius 1 is 1.09 bits per heavy atom. The van der Waals surface area contributed by atoms with Crippen LogP contribution >= 0.6 is 11.6 Å². The number of amides is 2. The van der Waals surface area contributed by atoms with Crippen molar-refractivity contribution in [2.24, 2.45) is 17.8 Å². The van der Waals surface area contributed by atoms with Crippen LogP contribution in [-0.4, -0.2) is 44.2 Å². The minimum atomic E-state index is -3.65. The Morgan fingerprint density at radius 3 is 2.23 bits per heavy atom. The number of nitrogens with zero attached hydrogens (tertiary/aromatic N) is 2. The van der Waals surface area contributed by atoms with Gasteiger partial charge in [-0.3, -0.25) is 9.59 Å². The van der Waals surface area contributed by atoms with Crippen molar-refractivity contribution in [3.05, 3.63) is 53.1 Å². The van der Waals surface area contributed by atoms with Gasteiger partial charge >= 0.3 is 0 Å². The van der Waals surface area contributed by atoms with Crippen LogP contribution in [0.5, 0.6) is 0 Å². The van der Waals surface area contributed by atoms with Crippen molar-refractivity contribution < 1.29 is 18.0 Å². The molecular weight excluding hydrogens is 486 g/mol. The van der Waals surface area contributed by atoms with E-state index in [2.05, 4.69) is 5.32 Å². The predicted molar refractivity (Wildman–Crippen MR) is 140 cm³/mol. The Balaban J connectivity index is 1.68. The Morgan fingerprint density at radius 2 is 1.69 bits per heavy atom. The second-order valence-electron chi connectivity index (χ2n) is 9.96. The third-order valence-electron chi connectivity index (χ3n) is 5.86. The minimum absolute atomic E-state index is 0.100. The molecule has 2 amide bonds. The van der Waals surface area contributed by atoms with Crippen LogP contribution in [0.25, 0.3) is 0 Å². The van der Waals surface area contributed by atoms with Crippen molar-refractivity contribution in [3.8, 4) is 0 Å². The molecule has 190 valence electrons. The second kappa shape index (κ2) is 11.1. The van der Waals surface area contributed by atoms with Crippen molar-refractivity contribution in [2.45, 2.75) is 45.9 Å². The van der Waals surface area contributed by atoms with Crippen LogP contribution in [0.1, 0.15) is 39.7 Å². The fourth-order valence-corrected chi connectivity index (χ4v) is 6.01. The first kappa shape index (κ1) is 27.2. The summed E-state index contributed by atoms with van der Waals surface area (Å²) in [6, 6.07) is 11.6. The molecular formula is C26H34ClN3O4S. The molecule has 9 heteroatoms. The summed E-state index contributed by atoms with van der Waals surface area (Å²) >= 11 is 6.20. The van der Waals surface area contributed by atoms with E-state index in [0.717, 1.165) is 5.56 Å². The van der Waals surface area contributed by atoms with Gasteiger partial charge in [0, 0.05) is 42.5 Å². The zero-order valence-corrected chi connectivity index (χ0v) is 22.5. The number of hydrogen-bond donors (Lipinski definition) is 1. The van der Waals surface area contributed by atoms with E-state index in [1.807, 2.05) is 46.8 Å². The first-order chi connectivity index (χ1) is 16.4. The largest absolute Gasteiger partial charge is 0.326 e. The monoisotopic (exact) mass is 519 g/mol. The summed E-state index contributed by atoms with van der Waals surface area (Å²) in [5.74, 6) is -0.533. The average molecular weight is 520 g/mol. The number of hydrogen-bond acceptors (Lipinski definition) is 4. The number of carbonyl (C=O) groups excluding carboxylic acids is 2. The summed E-state index contributed by atoms with van der Waals surface area (Å²) in [4.78, 5) is 27.2. The molecule has 2 aromatic rings. The molecule has 1 N–H and O–H groups in total. The predicted octanol–water partition coefficient (Wildman–Crippen LogP) is 4.94. The third-order valence-corrected chi connectivity index (χ3v) is 8.11. The van der Waals surface area contributed by atoms with Gasteiger partial charge in [-0.25, -0.2) is 8.42 Å². The maximum Gasteiger partial charge on any atom is 0.243 e. The third kappa shape index (κ3) is 6.63. The summed E-state index contributed by atoms with van der Waals surface area (Å²) in [5.41, 5.74) is 2.07. The SMILES string of the molecule is Cc1ccc(N2CC(C(=O)Nc3ccc(S(=O)(=O)N(CC(C)C)CC(C)C)cc3)CC2=O)cc1Cl. The van der Waals surface area contributed by atoms with Crippen LogP contribution in [0.15, 0.2) is 47.4 Å². The molecule has 0 saturated carbocycles. The molecule has 1 saturated heterocycles. The molecule has 2 aromatic carbocycles. The number of rotatable bonds is 9. The average Bonchev–Trinajstić information content (AvgIpc) is 3.17. The van der Waals surface area contributed by atoms with Gasteiger partial charge in [0.2, 0.25) is 21.8 Å². The van der Waals surface area contributed by atoms with Gasteiger partial charge in [0.05, 0.1) is 10.8 Å². The lowest BCUT2D eigenvalue weighted by Crippen LogP contribution is -2.37. The van der Waals surface area contributed by atoms with Crippen LogP contribution in [0.4, 0.5) is 11.4 Å². The lowest BCUT2D eigenvalue weighted by Gasteiger charge is -2.25. The fraction of sp³-hybridized carbons (Fsp3) is 0.462. The molecule has 0 aromatic heterocycles.